The largest absolute Gasteiger partial charge is 0.505 e. The van der Waals surface area contributed by atoms with Gasteiger partial charge in [0.2, 0.25) is 0 Å². The Morgan fingerprint density at radius 1 is 1.12 bits per heavy atom. The molecule has 3 aromatic rings. The number of aryl methyl sites for hydroxylation is 1. The minimum absolute atomic E-state index is 0.0327. The molecule has 1 amide bonds. The third-order valence-electron chi connectivity index (χ3n) is 5.05. The van der Waals surface area contributed by atoms with E-state index in [1.807, 2.05) is 37.3 Å². The van der Waals surface area contributed by atoms with E-state index in [1.54, 1.807) is 39.0 Å². The first-order chi connectivity index (χ1) is 15.7. The van der Waals surface area contributed by atoms with Crippen molar-refractivity contribution in [3.63, 3.8) is 0 Å². The van der Waals surface area contributed by atoms with Crippen molar-refractivity contribution in [3.05, 3.63) is 59.4 Å². The van der Waals surface area contributed by atoms with Crippen molar-refractivity contribution >= 4 is 22.6 Å². The number of rotatable bonds is 7. The Labute approximate surface area is 191 Å². The molecular formula is C25H25N3O5. The number of nitrogens with zero attached hydrogens (tertiary/aromatic N) is 2. The minimum Gasteiger partial charge on any atom is -0.505 e. The lowest BCUT2D eigenvalue weighted by Crippen LogP contribution is -2.40. The van der Waals surface area contributed by atoms with E-state index >= 15 is 0 Å². The highest BCUT2D eigenvalue weighted by atomic mass is 16.5. The number of hydrogen-bond donors (Lipinski definition) is 2. The van der Waals surface area contributed by atoms with Crippen LogP contribution in [0.5, 0.6) is 17.2 Å². The van der Waals surface area contributed by atoms with E-state index in [9.17, 15) is 20.0 Å². The first-order valence-corrected chi connectivity index (χ1v) is 10.4. The van der Waals surface area contributed by atoms with Crippen LogP contribution in [0.25, 0.3) is 10.8 Å². The molecule has 33 heavy (non-hydrogen) atoms. The quantitative estimate of drug-likeness (QED) is 0.520. The zero-order valence-corrected chi connectivity index (χ0v) is 18.9. The zero-order chi connectivity index (χ0) is 24.2. The highest BCUT2D eigenvalue weighted by molar-refractivity contribution is 6.03. The van der Waals surface area contributed by atoms with Crippen molar-refractivity contribution < 1.29 is 24.2 Å². The van der Waals surface area contributed by atoms with Gasteiger partial charge in [-0.3, -0.25) is 9.59 Å². The number of pyridine rings is 1. The predicted molar refractivity (Wildman–Crippen MR) is 122 cm³/mol. The number of hydrogen-bond acceptors (Lipinski definition) is 7. The second-order valence-electron chi connectivity index (χ2n) is 8.18. The summed E-state index contributed by atoms with van der Waals surface area (Å²) in [6, 6.07) is 14.2. The van der Waals surface area contributed by atoms with E-state index in [-0.39, 0.29) is 35.7 Å². The van der Waals surface area contributed by atoms with Gasteiger partial charge in [0, 0.05) is 17.3 Å². The Kier molecular flexibility index (Phi) is 6.83. The Balaban J connectivity index is 1.89. The molecule has 170 valence electrons. The summed E-state index contributed by atoms with van der Waals surface area (Å²) in [6.07, 6.45) is 0. The standard InChI is InChI=1S/C25H25N3O5/c1-5-32-24(31)25(3,4)14-27-23(30)21-22(29)18-11-10-17(12-19(18)20(13-26)28-21)33-16-8-6-15(2)7-9-16/h6-12,29H,5,14H2,1-4H3,(H,27,30). The van der Waals surface area contributed by atoms with Crippen LogP contribution in [-0.4, -0.2) is 35.1 Å². The number of benzene rings is 2. The van der Waals surface area contributed by atoms with Crippen LogP contribution >= 0.6 is 0 Å². The second kappa shape index (κ2) is 9.57. The molecule has 1 aromatic heterocycles. The Bertz CT molecular complexity index is 1240. The topological polar surface area (TPSA) is 122 Å². The van der Waals surface area contributed by atoms with E-state index in [2.05, 4.69) is 10.3 Å². The van der Waals surface area contributed by atoms with E-state index in [0.29, 0.717) is 16.9 Å². The molecule has 8 nitrogen and oxygen atoms in total. The Morgan fingerprint density at radius 2 is 1.79 bits per heavy atom. The molecule has 1 heterocycles. The molecule has 2 aromatic carbocycles. The van der Waals surface area contributed by atoms with Gasteiger partial charge in [-0.05, 0) is 58.0 Å². The van der Waals surface area contributed by atoms with Gasteiger partial charge in [0.05, 0.1) is 12.0 Å². The molecule has 0 unspecified atom stereocenters. The van der Waals surface area contributed by atoms with Crippen molar-refractivity contribution in [1.82, 2.24) is 10.3 Å². The molecule has 0 aliphatic rings. The van der Waals surface area contributed by atoms with Gasteiger partial charge >= 0.3 is 5.97 Å². The highest BCUT2D eigenvalue weighted by Crippen LogP contribution is 2.33. The molecule has 0 saturated heterocycles. The fourth-order valence-corrected chi connectivity index (χ4v) is 3.11. The van der Waals surface area contributed by atoms with Crippen molar-refractivity contribution in [1.29, 1.82) is 5.26 Å². The highest BCUT2D eigenvalue weighted by Gasteiger charge is 2.30. The average Bonchev–Trinajstić information content (AvgIpc) is 2.79. The molecule has 0 bridgehead atoms. The summed E-state index contributed by atoms with van der Waals surface area (Å²) in [5, 5.41) is 23.5. The molecule has 0 atom stereocenters. The molecule has 0 saturated carbocycles. The van der Waals surface area contributed by atoms with Crippen LogP contribution < -0.4 is 10.1 Å². The number of nitrogens with one attached hydrogen (secondary N) is 1. The zero-order valence-electron chi connectivity index (χ0n) is 18.9. The maximum Gasteiger partial charge on any atom is 0.313 e. The number of carbonyl (C=O) groups is 2. The van der Waals surface area contributed by atoms with Crippen molar-refractivity contribution in [3.8, 4) is 23.3 Å². The van der Waals surface area contributed by atoms with Crippen LogP contribution in [0.2, 0.25) is 0 Å². The Morgan fingerprint density at radius 3 is 2.42 bits per heavy atom. The maximum atomic E-state index is 12.7. The van der Waals surface area contributed by atoms with Crippen LogP contribution in [0.4, 0.5) is 0 Å². The van der Waals surface area contributed by atoms with Gasteiger partial charge in [0.25, 0.3) is 5.91 Å². The predicted octanol–water partition coefficient (Wildman–Crippen LogP) is 4.23. The van der Waals surface area contributed by atoms with Crippen LogP contribution in [0.15, 0.2) is 42.5 Å². The first-order valence-electron chi connectivity index (χ1n) is 10.4. The molecule has 3 rings (SSSR count). The van der Waals surface area contributed by atoms with Gasteiger partial charge in [0.1, 0.15) is 23.3 Å². The first kappa shape index (κ1) is 23.5. The van der Waals surface area contributed by atoms with Gasteiger partial charge in [-0.1, -0.05) is 17.7 Å². The van der Waals surface area contributed by atoms with E-state index in [1.165, 1.54) is 0 Å². The van der Waals surface area contributed by atoms with Crippen LogP contribution in [0.1, 0.15) is 42.5 Å². The molecule has 8 heteroatoms. The molecule has 0 aliphatic carbocycles. The van der Waals surface area contributed by atoms with Gasteiger partial charge in [-0.2, -0.15) is 5.26 Å². The lowest BCUT2D eigenvalue weighted by Gasteiger charge is -2.22. The van der Waals surface area contributed by atoms with Gasteiger partial charge in [0.15, 0.2) is 11.4 Å². The molecule has 0 spiro atoms. The van der Waals surface area contributed by atoms with Crippen molar-refractivity contribution in [2.75, 3.05) is 13.2 Å². The van der Waals surface area contributed by atoms with Gasteiger partial charge < -0.3 is 19.9 Å². The van der Waals surface area contributed by atoms with Crippen molar-refractivity contribution in [2.45, 2.75) is 27.7 Å². The van der Waals surface area contributed by atoms with Gasteiger partial charge in [-0.15, -0.1) is 0 Å². The smallest absolute Gasteiger partial charge is 0.313 e. The normalized spacial score (nSPS) is 11.0. The fourth-order valence-electron chi connectivity index (χ4n) is 3.11. The summed E-state index contributed by atoms with van der Waals surface area (Å²) in [5.41, 5.74) is -0.214. The molecule has 0 fully saturated rings. The monoisotopic (exact) mass is 447 g/mol. The number of nitriles is 1. The minimum atomic E-state index is -0.974. The Hall–Kier alpha value is -4.12. The summed E-state index contributed by atoms with van der Waals surface area (Å²) < 4.78 is 10.8. The summed E-state index contributed by atoms with van der Waals surface area (Å²) in [5.74, 6) is -0.450. The number of esters is 1. The fraction of sp³-hybridized carbons (Fsp3) is 0.280. The van der Waals surface area contributed by atoms with Crippen LogP contribution in [0.3, 0.4) is 0 Å². The lowest BCUT2D eigenvalue weighted by molar-refractivity contribution is -0.153. The van der Waals surface area contributed by atoms with Crippen LogP contribution in [-0.2, 0) is 9.53 Å². The number of aromatic nitrogens is 1. The molecular weight excluding hydrogens is 422 g/mol. The number of carbonyl (C=O) groups excluding carboxylic acids is 2. The lowest BCUT2D eigenvalue weighted by atomic mass is 9.93. The van der Waals surface area contributed by atoms with E-state index in [4.69, 9.17) is 9.47 Å². The molecule has 0 radical (unpaired) electrons. The van der Waals surface area contributed by atoms with E-state index < -0.39 is 17.3 Å². The average molecular weight is 447 g/mol. The number of ether oxygens (including phenoxy) is 2. The summed E-state index contributed by atoms with van der Waals surface area (Å²) >= 11 is 0. The summed E-state index contributed by atoms with van der Waals surface area (Å²) in [4.78, 5) is 28.8. The molecule has 0 aliphatic heterocycles. The second-order valence-corrected chi connectivity index (χ2v) is 8.18. The summed E-state index contributed by atoms with van der Waals surface area (Å²) in [6.45, 7) is 7.13. The van der Waals surface area contributed by atoms with Crippen LogP contribution in [0, 0.1) is 23.7 Å². The SMILES string of the molecule is CCOC(=O)C(C)(C)CNC(=O)c1nc(C#N)c2cc(Oc3ccc(C)cc3)ccc2c1O. The number of amides is 1. The maximum absolute atomic E-state index is 12.7. The molecule has 2 N–H and O–H groups in total. The van der Waals surface area contributed by atoms with Crippen molar-refractivity contribution in [2.24, 2.45) is 5.41 Å². The third-order valence-corrected chi connectivity index (χ3v) is 5.05. The van der Waals surface area contributed by atoms with E-state index in [0.717, 1.165) is 5.56 Å². The summed E-state index contributed by atoms with van der Waals surface area (Å²) in [7, 11) is 0. The van der Waals surface area contributed by atoms with Gasteiger partial charge in [-0.25, -0.2) is 4.98 Å². The number of fused-ring (bicyclic) bond motifs is 1. The number of aromatic hydroxyl groups is 1. The third kappa shape index (κ3) is 5.21.